The Morgan fingerprint density at radius 2 is 1.60 bits per heavy atom. The van der Waals surface area contributed by atoms with Crippen LogP contribution in [0.25, 0.3) is 0 Å². The number of nitrogens with zero attached hydrogens (tertiary/aromatic N) is 1. The maximum absolute atomic E-state index is 12.8. The zero-order valence-corrected chi connectivity index (χ0v) is 17.8. The van der Waals surface area contributed by atoms with E-state index >= 15 is 0 Å². The second-order valence-electron chi connectivity index (χ2n) is 7.47. The molecule has 0 aliphatic rings. The molecule has 2 aromatic carbocycles. The van der Waals surface area contributed by atoms with Gasteiger partial charge in [-0.2, -0.15) is 13.2 Å². The third-order valence-electron chi connectivity index (χ3n) is 4.41. The van der Waals surface area contributed by atoms with Crippen LogP contribution < -0.4 is 9.62 Å². The standard InChI is InChI=1S/C21H25F3N2O3S/c1-15(2)13-19(16-7-5-4-6-8-16)25-20(27)14-26(30(3,28)29)18-11-9-17(10-12-18)21(22,23)24/h4-12,15,19H,13-14H2,1-3H3,(H,25,27)/t19-/m1/s1. The second kappa shape index (κ2) is 9.51. The first-order valence-electron chi connectivity index (χ1n) is 9.37. The van der Waals surface area contributed by atoms with Crippen molar-refractivity contribution in [3.8, 4) is 0 Å². The average molecular weight is 443 g/mol. The lowest BCUT2D eigenvalue weighted by atomic mass is 9.97. The number of halogens is 3. The molecule has 2 rings (SSSR count). The normalized spacial score (nSPS) is 13.2. The Morgan fingerprint density at radius 1 is 1.03 bits per heavy atom. The third-order valence-corrected chi connectivity index (χ3v) is 5.56. The molecule has 0 bridgehead atoms. The van der Waals surface area contributed by atoms with Crippen molar-refractivity contribution in [3.63, 3.8) is 0 Å². The van der Waals surface area contributed by atoms with Gasteiger partial charge in [0.15, 0.2) is 0 Å². The summed E-state index contributed by atoms with van der Waals surface area (Å²) in [6.07, 6.45) is -2.98. The highest BCUT2D eigenvalue weighted by molar-refractivity contribution is 7.92. The summed E-state index contributed by atoms with van der Waals surface area (Å²) in [5.41, 5.74) is -0.0222. The van der Waals surface area contributed by atoms with E-state index < -0.39 is 34.2 Å². The summed E-state index contributed by atoms with van der Waals surface area (Å²) in [4.78, 5) is 12.7. The van der Waals surface area contributed by atoms with Crippen molar-refractivity contribution in [1.82, 2.24) is 5.32 Å². The van der Waals surface area contributed by atoms with Gasteiger partial charge in [0, 0.05) is 0 Å². The van der Waals surface area contributed by atoms with E-state index in [9.17, 15) is 26.4 Å². The average Bonchev–Trinajstić information content (AvgIpc) is 2.64. The van der Waals surface area contributed by atoms with Crippen molar-refractivity contribution in [2.75, 3.05) is 17.1 Å². The van der Waals surface area contributed by atoms with Crippen molar-refractivity contribution < 1.29 is 26.4 Å². The fourth-order valence-electron chi connectivity index (χ4n) is 3.02. The Labute approximate surface area is 175 Å². The topological polar surface area (TPSA) is 66.5 Å². The Morgan fingerprint density at radius 3 is 2.07 bits per heavy atom. The third kappa shape index (κ3) is 6.76. The van der Waals surface area contributed by atoms with Crippen LogP contribution in [0.4, 0.5) is 18.9 Å². The van der Waals surface area contributed by atoms with Gasteiger partial charge in [0.2, 0.25) is 15.9 Å². The van der Waals surface area contributed by atoms with E-state index in [1.165, 1.54) is 0 Å². The molecule has 164 valence electrons. The van der Waals surface area contributed by atoms with Crippen LogP contribution in [-0.2, 0) is 21.0 Å². The molecule has 0 saturated carbocycles. The first-order chi connectivity index (χ1) is 13.9. The van der Waals surface area contributed by atoms with Crippen LogP contribution in [0, 0.1) is 5.92 Å². The summed E-state index contributed by atoms with van der Waals surface area (Å²) in [5.74, 6) is -0.272. The van der Waals surface area contributed by atoms with Crippen LogP contribution in [0.1, 0.15) is 37.4 Å². The largest absolute Gasteiger partial charge is 0.416 e. The van der Waals surface area contributed by atoms with Gasteiger partial charge in [-0.05, 0) is 42.2 Å². The number of hydrogen-bond donors (Lipinski definition) is 1. The number of benzene rings is 2. The first-order valence-corrected chi connectivity index (χ1v) is 11.2. The van der Waals surface area contributed by atoms with Gasteiger partial charge in [-0.25, -0.2) is 8.42 Å². The maximum atomic E-state index is 12.8. The summed E-state index contributed by atoms with van der Waals surface area (Å²) >= 11 is 0. The van der Waals surface area contributed by atoms with E-state index in [2.05, 4.69) is 5.32 Å². The zero-order chi connectivity index (χ0) is 22.5. The molecule has 0 radical (unpaired) electrons. The van der Waals surface area contributed by atoms with Crippen molar-refractivity contribution in [1.29, 1.82) is 0 Å². The molecule has 0 heterocycles. The molecule has 0 saturated heterocycles. The van der Waals surface area contributed by atoms with Crippen molar-refractivity contribution in [2.45, 2.75) is 32.5 Å². The second-order valence-corrected chi connectivity index (χ2v) is 9.38. The van der Waals surface area contributed by atoms with Crippen LogP contribution in [-0.4, -0.2) is 27.1 Å². The highest BCUT2D eigenvalue weighted by Gasteiger charge is 2.31. The van der Waals surface area contributed by atoms with Gasteiger partial charge in [-0.1, -0.05) is 44.2 Å². The number of carbonyl (C=O) groups excluding carboxylic acids is 1. The van der Waals surface area contributed by atoms with Gasteiger partial charge in [0.25, 0.3) is 0 Å². The first kappa shape index (κ1) is 23.7. The quantitative estimate of drug-likeness (QED) is 0.660. The van der Waals surface area contributed by atoms with Gasteiger partial charge in [0.05, 0.1) is 23.5 Å². The molecule has 9 heteroatoms. The van der Waals surface area contributed by atoms with Gasteiger partial charge < -0.3 is 5.32 Å². The number of amides is 1. The highest BCUT2D eigenvalue weighted by atomic mass is 32.2. The van der Waals surface area contributed by atoms with Crippen molar-refractivity contribution in [2.24, 2.45) is 5.92 Å². The van der Waals surface area contributed by atoms with E-state index in [4.69, 9.17) is 0 Å². The predicted octanol–water partition coefficient (Wildman–Crippen LogP) is 4.38. The van der Waals surface area contributed by atoms with Gasteiger partial charge in [0.1, 0.15) is 6.54 Å². The minimum Gasteiger partial charge on any atom is -0.348 e. The lowest BCUT2D eigenvalue weighted by Gasteiger charge is -2.25. The Kier molecular flexibility index (Phi) is 7.52. The van der Waals surface area contributed by atoms with E-state index in [1.54, 1.807) is 0 Å². The Bertz CT molecular complexity index is 944. The van der Waals surface area contributed by atoms with Crippen LogP contribution in [0.15, 0.2) is 54.6 Å². The summed E-state index contributed by atoms with van der Waals surface area (Å²) in [6, 6.07) is 12.6. The molecule has 0 fully saturated rings. The predicted molar refractivity (Wildman–Crippen MR) is 110 cm³/mol. The van der Waals surface area contributed by atoms with E-state index in [0.717, 1.165) is 40.4 Å². The maximum Gasteiger partial charge on any atom is 0.416 e. The highest BCUT2D eigenvalue weighted by Crippen LogP contribution is 2.31. The summed E-state index contributed by atoms with van der Waals surface area (Å²) < 4.78 is 63.5. The number of nitrogens with one attached hydrogen (secondary N) is 1. The molecule has 0 aromatic heterocycles. The van der Waals surface area contributed by atoms with E-state index in [0.29, 0.717) is 6.42 Å². The number of hydrogen-bond acceptors (Lipinski definition) is 3. The molecule has 1 N–H and O–H groups in total. The van der Waals surface area contributed by atoms with Gasteiger partial charge in [-0.3, -0.25) is 9.10 Å². The number of rotatable bonds is 8. The minimum absolute atomic E-state index is 0.0132. The molecule has 1 atom stereocenters. The molecule has 1 amide bonds. The number of carbonyl (C=O) groups is 1. The SMILES string of the molecule is CC(C)C[C@@H](NC(=O)CN(c1ccc(C(F)(F)F)cc1)S(C)(=O)=O)c1ccccc1. The molecule has 0 aliphatic heterocycles. The lowest BCUT2D eigenvalue weighted by Crippen LogP contribution is -2.41. The van der Waals surface area contributed by atoms with Crippen LogP contribution in [0.2, 0.25) is 0 Å². The number of anilines is 1. The minimum atomic E-state index is -4.54. The molecule has 2 aromatic rings. The van der Waals surface area contributed by atoms with E-state index in [-0.39, 0.29) is 17.6 Å². The zero-order valence-electron chi connectivity index (χ0n) is 17.0. The molecule has 0 aliphatic carbocycles. The van der Waals surface area contributed by atoms with Crippen LogP contribution in [0.5, 0.6) is 0 Å². The van der Waals surface area contributed by atoms with E-state index in [1.807, 2.05) is 44.2 Å². The fourth-order valence-corrected chi connectivity index (χ4v) is 3.88. The van der Waals surface area contributed by atoms with Gasteiger partial charge >= 0.3 is 6.18 Å². The number of alkyl halides is 3. The van der Waals surface area contributed by atoms with Crippen molar-refractivity contribution >= 4 is 21.6 Å². The fraction of sp³-hybridized carbons (Fsp3) is 0.381. The lowest BCUT2D eigenvalue weighted by molar-refractivity contribution is -0.137. The number of sulfonamides is 1. The molecular formula is C21H25F3N2O3S. The Hall–Kier alpha value is -2.55. The summed E-state index contributed by atoms with van der Waals surface area (Å²) in [5, 5.41) is 2.85. The van der Waals surface area contributed by atoms with Gasteiger partial charge in [-0.15, -0.1) is 0 Å². The van der Waals surface area contributed by atoms with Crippen LogP contribution >= 0.6 is 0 Å². The molecule has 5 nitrogen and oxygen atoms in total. The van der Waals surface area contributed by atoms with Crippen LogP contribution in [0.3, 0.4) is 0 Å². The molecule has 0 unspecified atom stereocenters. The molecule has 0 spiro atoms. The Balaban J connectivity index is 2.22. The van der Waals surface area contributed by atoms with Crippen molar-refractivity contribution in [3.05, 3.63) is 65.7 Å². The summed E-state index contributed by atoms with van der Waals surface area (Å²) in [6.45, 7) is 3.48. The smallest absolute Gasteiger partial charge is 0.348 e. The molecule has 30 heavy (non-hydrogen) atoms. The molecular weight excluding hydrogens is 417 g/mol. The monoisotopic (exact) mass is 442 g/mol. The summed E-state index contributed by atoms with van der Waals surface area (Å²) in [7, 11) is -3.89.